The number of hydrogen-bond donors (Lipinski definition) is 2. The minimum absolute atomic E-state index is 0.0318. The van der Waals surface area contributed by atoms with Crippen LogP contribution in [0.3, 0.4) is 0 Å². The fraction of sp³-hybridized carbons (Fsp3) is 0.133. The zero-order chi connectivity index (χ0) is 15.4. The standard InChI is InChI=1S/C15H13F3N2O/c16-10-1-2-13(14(19)8-10)15(21)20-4-3-9-5-11(17)7-12(18)6-9/h1-2,5-8H,3-4,19H2,(H,20,21). The summed E-state index contributed by atoms with van der Waals surface area (Å²) in [5.41, 5.74) is 6.16. The highest BCUT2D eigenvalue weighted by molar-refractivity contribution is 5.99. The van der Waals surface area contributed by atoms with Gasteiger partial charge >= 0.3 is 0 Å². The Labute approximate surface area is 119 Å². The van der Waals surface area contributed by atoms with Crippen molar-refractivity contribution in [1.82, 2.24) is 5.32 Å². The molecule has 0 fully saturated rings. The molecule has 0 heterocycles. The van der Waals surface area contributed by atoms with Crippen LogP contribution < -0.4 is 11.1 Å². The quantitative estimate of drug-likeness (QED) is 0.852. The molecule has 0 aliphatic carbocycles. The van der Waals surface area contributed by atoms with Crippen molar-refractivity contribution < 1.29 is 18.0 Å². The molecule has 2 aromatic carbocycles. The van der Waals surface area contributed by atoms with Gasteiger partial charge < -0.3 is 11.1 Å². The first kappa shape index (κ1) is 14.9. The largest absolute Gasteiger partial charge is 0.398 e. The molecule has 6 heteroatoms. The minimum atomic E-state index is -0.667. The molecule has 2 rings (SSSR count). The lowest BCUT2D eigenvalue weighted by atomic mass is 10.1. The van der Waals surface area contributed by atoms with Gasteiger partial charge in [-0.05, 0) is 42.3 Å². The van der Waals surface area contributed by atoms with Gasteiger partial charge in [0.1, 0.15) is 17.5 Å². The highest BCUT2D eigenvalue weighted by atomic mass is 19.1. The van der Waals surface area contributed by atoms with Crippen LogP contribution in [0.15, 0.2) is 36.4 Å². The Hall–Kier alpha value is -2.50. The lowest BCUT2D eigenvalue weighted by Crippen LogP contribution is -2.26. The molecule has 0 aliphatic rings. The van der Waals surface area contributed by atoms with E-state index in [1.807, 2.05) is 0 Å². The number of amides is 1. The molecular weight excluding hydrogens is 281 g/mol. The molecule has 21 heavy (non-hydrogen) atoms. The zero-order valence-electron chi connectivity index (χ0n) is 11.0. The molecule has 0 radical (unpaired) electrons. The number of halogens is 3. The predicted octanol–water partition coefficient (Wildman–Crippen LogP) is 2.66. The maximum atomic E-state index is 13.0. The van der Waals surface area contributed by atoms with Gasteiger partial charge in [-0.15, -0.1) is 0 Å². The summed E-state index contributed by atoms with van der Waals surface area (Å²) >= 11 is 0. The van der Waals surface area contributed by atoms with Gasteiger partial charge in [0.2, 0.25) is 0 Å². The van der Waals surface area contributed by atoms with Crippen LogP contribution in [0.5, 0.6) is 0 Å². The Balaban J connectivity index is 1.95. The van der Waals surface area contributed by atoms with Crippen LogP contribution in [-0.4, -0.2) is 12.5 Å². The lowest BCUT2D eigenvalue weighted by molar-refractivity contribution is 0.0955. The molecule has 0 saturated heterocycles. The first-order valence-corrected chi connectivity index (χ1v) is 6.24. The lowest BCUT2D eigenvalue weighted by Gasteiger charge is -2.08. The van der Waals surface area contributed by atoms with Crippen molar-refractivity contribution >= 4 is 11.6 Å². The first-order valence-electron chi connectivity index (χ1n) is 6.24. The van der Waals surface area contributed by atoms with Crippen LogP contribution in [0.2, 0.25) is 0 Å². The maximum Gasteiger partial charge on any atom is 0.253 e. The van der Waals surface area contributed by atoms with E-state index in [1.54, 1.807) is 0 Å². The van der Waals surface area contributed by atoms with Crippen molar-refractivity contribution in [3.05, 3.63) is 65.0 Å². The van der Waals surface area contributed by atoms with Gasteiger partial charge in [0.15, 0.2) is 0 Å². The molecule has 110 valence electrons. The third kappa shape index (κ3) is 3.98. The Morgan fingerprint density at radius 3 is 2.29 bits per heavy atom. The van der Waals surface area contributed by atoms with Gasteiger partial charge in [-0.1, -0.05) is 0 Å². The summed E-state index contributed by atoms with van der Waals surface area (Å²) in [7, 11) is 0. The first-order chi connectivity index (χ1) is 9.95. The minimum Gasteiger partial charge on any atom is -0.398 e. The highest BCUT2D eigenvalue weighted by Crippen LogP contribution is 2.13. The molecule has 3 N–H and O–H groups in total. The molecular formula is C15H13F3N2O. The van der Waals surface area contributed by atoms with Crippen LogP contribution in [0.1, 0.15) is 15.9 Å². The topological polar surface area (TPSA) is 55.1 Å². The van der Waals surface area contributed by atoms with Gasteiger partial charge in [-0.2, -0.15) is 0 Å². The molecule has 0 unspecified atom stereocenters. The van der Waals surface area contributed by atoms with Crippen LogP contribution in [0, 0.1) is 17.5 Å². The van der Waals surface area contributed by atoms with Gasteiger partial charge in [0, 0.05) is 18.3 Å². The number of nitrogen functional groups attached to an aromatic ring is 1. The number of carbonyl (C=O) groups excluding carboxylic acids is 1. The number of nitrogens with two attached hydrogens (primary N) is 1. The average molecular weight is 294 g/mol. The maximum absolute atomic E-state index is 13.0. The molecule has 2 aromatic rings. The molecule has 0 aliphatic heterocycles. The summed E-state index contributed by atoms with van der Waals surface area (Å²) in [6.07, 6.45) is 0.265. The van der Waals surface area contributed by atoms with Crippen molar-refractivity contribution in [3.63, 3.8) is 0 Å². The summed E-state index contributed by atoms with van der Waals surface area (Å²) < 4.78 is 38.9. The van der Waals surface area contributed by atoms with E-state index in [4.69, 9.17) is 5.73 Å². The summed E-state index contributed by atoms with van der Waals surface area (Å²) in [5, 5.41) is 2.56. The van der Waals surface area contributed by atoms with Crippen molar-refractivity contribution in [2.45, 2.75) is 6.42 Å². The van der Waals surface area contributed by atoms with Crippen molar-refractivity contribution in [1.29, 1.82) is 0 Å². The monoisotopic (exact) mass is 294 g/mol. The second-order valence-corrected chi connectivity index (χ2v) is 4.52. The Morgan fingerprint density at radius 1 is 1.00 bits per heavy atom. The van der Waals surface area contributed by atoms with Gasteiger partial charge in [-0.3, -0.25) is 4.79 Å². The van der Waals surface area contributed by atoms with Crippen LogP contribution in [0.25, 0.3) is 0 Å². The van der Waals surface area contributed by atoms with Crippen LogP contribution in [0.4, 0.5) is 18.9 Å². The van der Waals surface area contributed by atoms with Crippen LogP contribution in [-0.2, 0) is 6.42 Å². The summed E-state index contributed by atoms with van der Waals surface area (Å²) in [6.45, 7) is 0.179. The predicted molar refractivity (Wildman–Crippen MR) is 73.2 cm³/mol. The third-order valence-electron chi connectivity index (χ3n) is 2.88. The second kappa shape index (κ2) is 6.30. The molecule has 0 atom stereocenters. The number of rotatable bonds is 4. The Kier molecular flexibility index (Phi) is 4.47. The van der Waals surface area contributed by atoms with Crippen molar-refractivity contribution in [2.24, 2.45) is 0 Å². The van der Waals surface area contributed by atoms with Crippen LogP contribution >= 0.6 is 0 Å². The summed E-state index contributed by atoms with van der Waals surface area (Å²) in [6, 6.07) is 6.64. The van der Waals surface area contributed by atoms with Gasteiger partial charge in [0.05, 0.1) is 5.56 Å². The number of carbonyl (C=O) groups is 1. The summed E-state index contributed by atoms with van der Waals surface area (Å²) in [5.74, 6) is -2.33. The van der Waals surface area contributed by atoms with Crippen molar-refractivity contribution in [2.75, 3.05) is 12.3 Å². The van der Waals surface area contributed by atoms with E-state index in [2.05, 4.69) is 5.32 Å². The van der Waals surface area contributed by atoms with E-state index in [-0.39, 0.29) is 24.2 Å². The van der Waals surface area contributed by atoms with E-state index < -0.39 is 23.4 Å². The molecule has 1 amide bonds. The fourth-order valence-corrected chi connectivity index (χ4v) is 1.91. The third-order valence-corrected chi connectivity index (χ3v) is 2.88. The smallest absolute Gasteiger partial charge is 0.253 e. The molecule has 3 nitrogen and oxygen atoms in total. The molecule has 0 spiro atoms. The number of benzene rings is 2. The summed E-state index contributed by atoms with van der Waals surface area (Å²) in [4.78, 5) is 11.8. The normalized spacial score (nSPS) is 10.4. The molecule has 0 bridgehead atoms. The van der Waals surface area contributed by atoms with E-state index in [1.165, 1.54) is 18.2 Å². The van der Waals surface area contributed by atoms with E-state index in [9.17, 15) is 18.0 Å². The average Bonchev–Trinajstić information content (AvgIpc) is 2.37. The van der Waals surface area contributed by atoms with E-state index in [0.717, 1.165) is 18.2 Å². The van der Waals surface area contributed by atoms with Crippen molar-refractivity contribution in [3.8, 4) is 0 Å². The number of hydrogen-bond acceptors (Lipinski definition) is 2. The number of nitrogens with one attached hydrogen (secondary N) is 1. The zero-order valence-corrected chi connectivity index (χ0v) is 11.0. The van der Waals surface area contributed by atoms with E-state index in [0.29, 0.717) is 5.56 Å². The van der Waals surface area contributed by atoms with Gasteiger partial charge in [0.25, 0.3) is 5.91 Å². The van der Waals surface area contributed by atoms with Gasteiger partial charge in [-0.25, -0.2) is 13.2 Å². The molecule has 0 aromatic heterocycles. The fourth-order valence-electron chi connectivity index (χ4n) is 1.91. The molecule has 0 saturated carbocycles. The highest BCUT2D eigenvalue weighted by Gasteiger charge is 2.10. The SMILES string of the molecule is Nc1cc(F)ccc1C(=O)NCCc1cc(F)cc(F)c1. The second-order valence-electron chi connectivity index (χ2n) is 4.52. The Bertz CT molecular complexity index is 654. The Morgan fingerprint density at radius 2 is 1.67 bits per heavy atom. The number of anilines is 1. The van der Waals surface area contributed by atoms with E-state index >= 15 is 0 Å².